The zero-order chi connectivity index (χ0) is 11.6. The molecule has 0 fully saturated rings. The Hall–Kier alpha value is -1.59. The number of alkyl halides is 4. The molecule has 0 atom stereocenters. The number of primary amides is 1. The van der Waals surface area contributed by atoms with Gasteiger partial charge in [0.05, 0.1) is 5.56 Å². The van der Waals surface area contributed by atoms with E-state index in [-0.39, 0.29) is 11.1 Å². The van der Waals surface area contributed by atoms with Gasteiger partial charge in [0.25, 0.3) is 0 Å². The molecule has 82 valence electrons. The lowest BCUT2D eigenvalue weighted by atomic mass is 10.1. The Kier molecular flexibility index (Phi) is 2.97. The first-order valence-electron chi connectivity index (χ1n) is 3.91. The number of carbonyl (C=O) groups is 1. The van der Waals surface area contributed by atoms with Crippen LogP contribution >= 0.6 is 0 Å². The van der Waals surface area contributed by atoms with Crippen LogP contribution in [0.25, 0.3) is 0 Å². The molecule has 0 aliphatic rings. The third-order valence-corrected chi connectivity index (χ3v) is 1.76. The molecule has 2 nitrogen and oxygen atoms in total. The van der Waals surface area contributed by atoms with Crippen molar-refractivity contribution in [2.45, 2.75) is 12.9 Å². The van der Waals surface area contributed by atoms with Crippen LogP contribution in [0, 0.1) is 0 Å². The third-order valence-electron chi connectivity index (χ3n) is 1.76. The van der Waals surface area contributed by atoms with Crippen molar-refractivity contribution >= 4 is 5.91 Å². The Balaban J connectivity index is 3.30. The number of benzene rings is 1. The van der Waals surface area contributed by atoms with Crippen molar-refractivity contribution in [3.63, 3.8) is 0 Å². The third kappa shape index (κ3) is 2.68. The number of carbonyl (C=O) groups excluding carboxylic acids is 1. The second-order valence-corrected chi connectivity index (χ2v) is 2.91. The summed E-state index contributed by atoms with van der Waals surface area (Å²) in [5.74, 6) is -1.02. The van der Waals surface area contributed by atoms with Crippen LogP contribution in [0.15, 0.2) is 18.2 Å². The van der Waals surface area contributed by atoms with Crippen LogP contribution in [0.4, 0.5) is 17.6 Å². The molecule has 0 radical (unpaired) electrons. The monoisotopic (exact) mass is 221 g/mol. The summed E-state index contributed by atoms with van der Waals surface area (Å²) >= 11 is 0. The van der Waals surface area contributed by atoms with Gasteiger partial charge >= 0.3 is 6.18 Å². The molecule has 0 aliphatic carbocycles. The molecule has 6 heteroatoms. The number of hydrogen-bond donors (Lipinski definition) is 1. The molecule has 0 unspecified atom stereocenters. The molecule has 0 saturated carbocycles. The zero-order valence-corrected chi connectivity index (χ0v) is 7.44. The molecule has 0 aromatic heterocycles. The minimum atomic E-state index is -4.62. The van der Waals surface area contributed by atoms with Crippen molar-refractivity contribution in [3.05, 3.63) is 34.9 Å². The summed E-state index contributed by atoms with van der Waals surface area (Å²) in [7, 11) is 0. The van der Waals surface area contributed by atoms with Crippen LogP contribution < -0.4 is 5.73 Å². The minimum absolute atomic E-state index is 0.223. The van der Waals surface area contributed by atoms with E-state index >= 15 is 0 Å². The molecule has 0 saturated heterocycles. The number of amides is 1. The first kappa shape index (κ1) is 11.5. The van der Waals surface area contributed by atoms with Gasteiger partial charge in [-0.2, -0.15) is 13.2 Å². The first-order chi connectivity index (χ1) is 6.84. The van der Waals surface area contributed by atoms with Gasteiger partial charge in [0.1, 0.15) is 6.67 Å². The van der Waals surface area contributed by atoms with Gasteiger partial charge in [0.2, 0.25) is 5.91 Å². The second kappa shape index (κ2) is 3.88. The number of hydrogen-bond acceptors (Lipinski definition) is 1. The number of nitrogens with two attached hydrogens (primary N) is 1. The van der Waals surface area contributed by atoms with E-state index in [1.54, 1.807) is 0 Å². The Morgan fingerprint density at radius 1 is 1.27 bits per heavy atom. The Bertz CT molecular complexity index is 386. The fourth-order valence-electron chi connectivity index (χ4n) is 1.08. The van der Waals surface area contributed by atoms with Crippen molar-refractivity contribution in [1.82, 2.24) is 0 Å². The van der Waals surface area contributed by atoms with E-state index in [9.17, 15) is 22.4 Å². The average Bonchev–Trinajstić information content (AvgIpc) is 2.15. The molecule has 0 aliphatic heterocycles. The topological polar surface area (TPSA) is 43.1 Å². The van der Waals surface area contributed by atoms with Gasteiger partial charge in [0.15, 0.2) is 0 Å². The van der Waals surface area contributed by atoms with Crippen molar-refractivity contribution in [1.29, 1.82) is 0 Å². The summed E-state index contributed by atoms with van der Waals surface area (Å²) < 4.78 is 49.0. The predicted molar refractivity (Wildman–Crippen MR) is 44.8 cm³/mol. The first-order valence-corrected chi connectivity index (χ1v) is 3.91. The van der Waals surface area contributed by atoms with Crippen LogP contribution in [-0.2, 0) is 12.9 Å². The quantitative estimate of drug-likeness (QED) is 0.765. The fourth-order valence-corrected chi connectivity index (χ4v) is 1.08. The molecule has 1 amide bonds. The van der Waals surface area contributed by atoms with Gasteiger partial charge in [0, 0.05) is 5.56 Å². The summed E-state index contributed by atoms with van der Waals surface area (Å²) in [6, 6.07) is 2.24. The lowest BCUT2D eigenvalue weighted by Gasteiger charge is -2.09. The summed E-state index contributed by atoms with van der Waals surface area (Å²) in [6.07, 6.45) is -4.62. The van der Waals surface area contributed by atoms with Crippen LogP contribution in [0.2, 0.25) is 0 Å². The highest BCUT2D eigenvalue weighted by molar-refractivity contribution is 5.93. The standard InChI is InChI=1S/C9H7F4NO/c10-4-5-1-6(8(14)15)3-7(2-5)9(11,12)13/h1-3H,4H2,(H2,14,15). The fraction of sp³-hybridized carbons (Fsp3) is 0.222. The Morgan fingerprint density at radius 2 is 1.87 bits per heavy atom. The number of rotatable bonds is 2. The molecule has 1 aromatic carbocycles. The van der Waals surface area contributed by atoms with Crippen molar-refractivity contribution < 1.29 is 22.4 Å². The van der Waals surface area contributed by atoms with E-state index < -0.39 is 24.3 Å². The molecular formula is C9H7F4NO. The summed E-state index contributed by atoms with van der Waals surface area (Å²) in [4.78, 5) is 10.7. The van der Waals surface area contributed by atoms with Crippen LogP contribution in [0.1, 0.15) is 21.5 Å². The molecule has 1 rings (SSSR count). The summed E-state index contributed by atoms with van der Waals surface area (Å²) in [5, 5.41) is 0. The molecule has 0 bridgehead atoms. The smallest absolute Gasteiger partial charge is 0.366 e. The average molecular weight is 221 g/mol. The summed E-state index contributed by atoms with van der Waals surface area (Å²) in [5.41, 5.74) is 3.17. The van der Waals surface area contributed by atoms with E-state index in [1.165, 1.54) is 0 Å². The zero-order valence-electron chi connectivity index (χ0n) is 7.44. The van der Waals surface area contributed by atoms with Crippen molar-refractivity contribution in [2.75, 3.05) is 0 Å². The molecule has 15 heavy (non-hydrogen) atoms. The maximum absolute atomic E-state index is 12.3. The van der Waals surface area contributed by atoms with Gasteiger partial charge in [-0.25, -0.2) is 4.39 Å². The molecule has 0 spiro atoms. The molecular weight excluding hydrogens is 214 g/mol. The van der Waals surface area contributed by atoms with Crippen molar-refractivity contribution in [3.8, 4) is 0 Å². The maximum atomic E-state index is 12.3. The number of halogens is 4. The van der Waals surface area contributed by atoms with Crippen LogP contribution in [0.3, 0.4) is 0 Å². The Labute approximate surface area is 82.7 Å². The maximum Gasteiger partial charge on any atom is 0.416 e. The lowest BCUT2D eigenvalue weighted by molar-refractivity contribution is -0.137. The second-order valence-electron chi connectivity index (χ2n) is 2.91. The van der Waals surface area contributed by atoms with Gasteiger partial charge in [-0.3, -0.25) is 4.79 Å². The molecule has 1 aromatic rings. The molecule has 2 N–H and O–H groups in total. The summed E-state index contributed by atoms with van der Waals surface area (Å²) in [6.45, 7) is -1.08. The minimum Gasteiger partial charge on any atom is -0.366 e. The van der Waals surface area contributed by atoms with E-state index in [0.717, 1.165) is 6.07 Å². The highest BCUT2D eigenvalue weighted by Gasteiger charge is 2.31. The highest BCUT2D eigenvalue weighted by atomic mass is 19.4. The van der Waals surface area contributed by atoms with E-state index in [1.807, 2.05) is 0 Å². The lowest BCUT2D eigenvalue weighted by Crippen LogP contribution is -2.14. The van der Waals surface area contributed by atoms with Gasteiger partial charge in [-0.05, 0) is 23.8 Å². The van der Waals surface area contributed by atoms with Crippen LogP contribution in [0.5, 0.6) is 0 Å². The van der Waals surface area contributed by atoms with Gasteiger partial charge in [-0.1, -0.05) is 0 Å². The Morgan fingerprint density at radius 3 is 2.27 bits per heavy atom. The van der Waals surface area contributed by atoms with Crippen LogP contribution in [-0.4, -0.2) is 5.91 Å². The van der Waals surface area contributed by atoms with E-state index in [4.69, 9.17) is 5.73 Å². The highest BCUT2D eigenvalue weighted by Crippen LogP contribution is 2.30. The SMILES string of the molecule is NC(=O)c1cc(CF)cc(C(F)(F)F)c1. The van der Waals surface area contributed by atoms with Crippen molar-refractivity contribution in [2.24, 2.45) is 5.73 Å². The normalized spacial score (nSPS) is 11.5. The van der Waals surface area contributed by atoms with E-state index in [2.05, 4.69) is 0 Å². The van der Waals surface area contributed by atoms with E-state index in [0.29, 0.717) is 12.1 Å². The van der Waals surface area contributed by atoms with Gasteiger partial charge < -0.3 is 5.73 Å². The predicted octanol–water partition coefficient (Wildman–Crippen LogP) is 2.27. The van der Waals surface area contributed by atoms with Gasteiger partial charge in [-0.15, -0.1) is 0 Å². The largest absolute Gasteiger partial charge is 0.416 e. The molecule has 0 heterocycles.